The molecule has 1 aliphatic rings. The quantitative estimate of drug-likeness (QED) is 0.854. The summed E-state index contributed by atoms with van der Waals surface area (Å²) in [5, 5.41) is 0.716. The molecule has 0 radical (unpaired) electrons. The number of allylic oxidation sites excluding steroid dienone is 1. The molecule has 0 aliphatic carbocycles. The maximum atomic E-state index is 11.0. The van der Waals surface area contributed by atoms with E-state index in [-0.39, 0.29) is 5.41 Å². The number of halogens is 1. The molecule has 1 aromatic rings. The fraction of sp³-hybridized carbons (Fsp3) is 0.357. The number of hydrogen-bond donors (Lipinski definition) is 1. The lowest BCUT2D eigenvalue weighted by Gasteiger charge is -2.35. The Labute approximate surface area is 112 Å². The highest BCUT2D eigenvalue weighted by Gasteiger charge is 2.33. The molecule has 0 bridgehead atoms. The van der Waals surface area contributed by atoms with Gasteiger partial charge in [-0.1, -0.05) is 35.9 Å². The second kappa shape index (κ2) is 5.55. The van der Waals surface area contributed by atoms with Crippen LogP contribution in [0.3, 0.4) is 0 Å². The molecule has 0 saturated carbocycles. The van der Waals surface area contributed by atoms with Gasteiger partial charge in [0.2, 0.25) is 5.91 Å². The molecule has 0 aromatic heterocycles. The minimum Gasteiger partial charge on any atom is -0.381 e. The van der Waals surface area contributed by atoms with E-state index < -0.39 is 5.91 Å². The average molecular weight is 266 g/mol. The first-order valence-corrected chi connectivity index (χ1v) is 6.33. The molecule has 96 valence electrons. The molecule has 0 atom stereocenters. The highest BCUT2D eigenvalue weighted by molar-refractivity contribution is 6.31. The third-order valence-electron chi connectivity index (χ3n) is 3.36. The van der Waals surface area contributed by atoms with Crippen molar-refractivity contribution in [2.24, 2.45) is 5.73 Å². The number of rotatable bonds is 3. The standard InChI is InChI=1S/C14H16ClNO2/c15-12-4-2-1-3-11(12)14(6-5-13(16)17)7-9-18-10-8-14/h1-6H,7-10H2,(H2,16,17)/b6-5-. The maximum absolute atomic E-state index is 11.0. The monoisotopic (exact) mass is 265 g/mol. The predicted octanol–water partition coefficient (Wildman–Crippen LogP) is 2.43. The second-order valence-electron chi connectivity index (χ2n) is 4.48. The Balaban J connectivity index is 2.41. The summed E-state index contributed by atoms with van der Waals surface area (Å²) in [5.74, 6) is -0.437. The Kier molecular flexibility index (Phi) is 4.04. The van der Waals surface area contributed by atoms with Crippen molar-refractivity contribution in [2.75, 3.05) is 13.2 Å². The van der Waals surface area contributed by atoms with Crippen molar-refractivity contribution in [3.8, 4) is 0 Å². The maximum Gasteiger partial charge on any atom is 0.241 e. The summed E-state index contributed by atoms with van der Waals surface area (Å²) in [6.45, 7) is 1.32. The lowest BCUT2D eigenvalue weighted by Crippen LogP contribution is -2.32. The molecule has 0 unspecified atom stereocenters. The summed E-state index contributed by atoms with van der Waals surface area (Å²) >= 11 is 6.27. The largest absolute Gasteiger partial charge is 0.381 e. The van der Waals surface area contributed by atoms with Crippen molar-refractivity contribution in [2.45, 2.75) is 18.3 Å². The van der Waals surface area contributed by atoms with E-state index in [0.717, 1.165) is 18.4 Å². The zero-order valence-corrected chi connectivity index (χ0v) is 10.8. The first-order chi connectivity index (χ1) is 8.64. The van der Waals surface area contributed by atoms with Gasteiger partial charge in [0.15, 0.2) is 0 Å². The van der Waals surface area contributed by atoms with Crippen molar-refractivity contribution in [3.05, 3.63) is 47.0 Å². The second-order valence-corrected chi connectivity index (χ2v) is 4.89. The van der Waals surface area contributed by atoms with Crippen molar-refractivity contribution in [3.63, 3.8) is 0 Å². The van der Waals surface area contributed by atoms with Gasteiger partial charge in [-0.25, -0.2) is 0 Å². The molecule has 1 amide bonds. The summed E-state index contributed by atoms with van der Waals surface area (Å²) in [6.07, 6.45) is 4.91. The molecule has 18 heavy (non-hydrogen) atoms. The average Bonchev–Trinajstić information content (AvgIpc) is 2.38. The highest BCUT2D eigenvalue weighted by Crippen LogP contribution is 2.39. The van der Waals surface area contributed by atoms with Gasteiger partial charge in [0.1, 0.15) is 0 Å². The van der Waals surface area contributed by atoms with Crippen LogP contribution in [-0.4, -0.2) is 19.1 Å². The van der Waals surface area contributed by atoms with Crippen LogP contribution in [0.25, 0.3) is 0 Å². The molecule has 2 N–H and O–H groups in total. The zero-order valence-electron chi connectivity index (χ0n) is 10.1. The van der Waals surface area contributed by atoms with Gasteiger partial charge in [0.05, 0.1) is 0 Å². The Morgan fingerprint density at radius 1 is 1.33 bits per heavy atom. The summed E-state index contributed by atoms with van der Waals surface area (Å²) in [4.78, 5) is 11.0. The molecule has 1 aliphatic heterocycles. The molecule has 2 rings (SSSR count). The van der Waals surface area contributed by atoms with E-state index in [9.17, 15) is 4.79 Å². The number of hydrogen-bond acceptors (Lipinski definition) is 2. The highest BCUT2D eigenvalue weighted by atomic mass is 35.5. The van der Waals surface area contributed by atoms with Crippen LogP contribution < -0.4 is 5.73 Å². The molecule has 0 spiro atoms. The van der Waals surface area contributed by atoms with Crippen molar-refractivity contribution < 1.29 is 9.53 Å². The third-order valence-corrected chi connectivity index (χ3v) is 3.69. The van der Waals surface area contributed by atoms with Crippen molar-refractivity contribution >= 4 is 17.5 Å². The SMILES string of the molecule is NC(=O)/C=C\C1(c2ccccc2Cl)CCOCC1. The van der Waals surface area contributed by atoms with E-state index >= 15 is 0 Å². The number of carbonyl (C=O) groups excluding carboxylic acids is 1. The number of primary amides is 1. The van der Waals surface area contributed by atoms with Crippen molar-refractivity contribution in [1.82, 2.24) is 0 Å². The lowest BCUT2D eigenvalue weighted by atomic mass is 9.74. The number of carbonyl (C=O) groups is 1. The smallest absolute Gasteiger partial charge is 0.241 e. The van der Waals surface area contributed by atoms with Gasteiger partial charge in [-0.2, -0.15) is 0 Å². The molecular formula is C14H16ClNO2. The number of ether oxygens (including phenoxy) is 1. The molecular weight excluding hydrogens is 250 g/mol. The minimum atomic E-state index is -0.437. The Hall–Kier alpha value is -1.32. The normalized spacial score (nSPS) is 18.9. The van der Waals surface area contributed by atoms with Crippen LogP contribution in [0, 0.1) is 0 Å². The van der Waals surface area contributed by atoms with Gasteiger partial charge >= 0.3 is 0 Å². The van der Waals surface area contributed by atoms with Crippen LogP contribution in [0.4, 0.5) is 0 Å². The van der Waals surface area contributed by atoms with Gasteiger partial charge < -0.3 is 10.5 Å². The number of nitrogens with two attached hydrogens (primary N) is 1. The van der Waals surface area contributed by atoms with E-state index in [0.29, 0.717) is 18.2 Å². The van der Waals surface area contributed by atoms with E-state index in [1.807, 2.05) is 30.3 Å². The Morgan fingerprint density at radius 3 is 2.61 bits per heavy atom. The van der Waals surface area contributed by atoms with Gasteiger partial charge in [-0.15, -0.1) is 0 Å². The molecule has 1 heterocycles. The van der Waals surface area contributed by atoms with Gasteiger partial charge in [-0.3, -0.25) is 4.79 Å². The topological polar surface area (TPSA) is 52.3 Å². The summed E-state index contributed by atoms with van der Waals surface area (Å²) in [6, 6.07) is 7.72. The fourth-order valence-electron chi connectivity index (χ4n) is 2.37. The van der Waals surface area contributed by atoms with Crippen LogP contribution >= 0.6 is 11.6 Å². The first-order valence-electron chi connectivity index (χ1n) is 5.95. The fourth-order valence-corrected chi connectivity index (χ4v) is 2.69. The molecule has 1 aromatic carbocycles. The van der Waals surface area contributed by atoms with Crippen LogP contribution in [0.5, 0.6) is 0 Å². The zero-order chi connectivity index (χ0) is 13.0. The number of benzene rings is 1. The Morgan fingerprint density at radius 2 is 2.00 bits per heavy atom. The van der Waals surface area contributed by atoms with Crippen molar-refractivity contribution in [1.29, 1.82) is 0 Å². The molecule has 1 saturated heterocycles. The summed E-state index contributed by atoms with van der Waals surface area (Å²) in [7, 11) is 0. The Bertz CT molecular complexity index is 465. The molecule has 4 heteroatoms. The third kappa shape index (κ3) is 2.74. The van der Waals surface area contributed by atoms with Crippen LogP contribution in [-0.2, 0) is 14.9 Å². The lowest BCUT2D eigenvalue weighted by molar-refractivity contribution is -0.113. The van der Waals surface area contributed by atoms with Crippen LogP contribution in [0.1, 0.15) is 18.4 Å². The summed E-state index contributed by atoms with van der Waals surface area (Å²) < 4.78 is 5.40. The van der Waals surface area contributed by atoms with Crippen LogP contribution in [0.15, 0.2) is 36.4 Å². The van der Waals surface area contributed by atoms with E-state index in [2.05, 4.69) is 0 Å². The van der Waals surface area contributed by atoms with E-state index in [1.165, 1.54) is 6.08 Å². The van der Waals surface area contributed by atoms with Gasteiger partial charge in [-0.05, 0) is 30.5 Å². The van der Waals surface area contributed by atoms with Gasteiger partial charge in [0.25, 0.3) is 0 Å². The van der Waals surface area contributed by atoms with E-state index in [1.54, 1.807) is 0 Å². The predicted molar refractivity (Wildman–Crippen MR) is 71.5 cm³/mol. The van der Waals surface area contributed by atoms with Crippen LogP contribution in [0.2, 0.25) is 5.02 Å². The van der Waals surface area contributed by atoms with Gasteiger partial charge in [0, 0.05) is 23.7 Å². The summed E-state index contributed by atoms with van der Waals surface area (Å²) in [5.41, 5.74) is 5.98. The number of amides is 1. The van der Waals surface area contributed by atoms with E-state index in [4.69, 9.17) is 22.1 Å². The molecule has 1 fully saturated rings. The minimum absolute atomic E-state index is 0.244. The molecule has 3 nitrogen and oxygen atoms in total. The first kappa shape index (κ1) is 13.1.